The fourth-order valence-corrected chi connectivity index (χ4v) is 18.3. The van der Waals surface area contributed by atoms with Gasteiger partial charge in [-0.2, -0.15) is 0 Å². The summed E-state index contributed by atoms with van der Waals surface area (Å²) in [5.41, 5.74) is 21.9. The van der Waals surface area contributed by atoms with E-state index in [1.807, 2.05) is 11.3 Å². The van der Waals surface area contributed by atoms with E-state index in [4.69, 9.17) is 4.42 Å². The molecule has 494 valence electrons. The van der Waals surface area contributed by atoms with Gasteiger partial charge in [0.2, 0.25) is 0 Å². The van der Waals surface area contributed by atoms with E-state index in [0.29, 0.717) is 0 Å². The fourth-order valence-electron chi connectivity index (χ4n) is 17.0. The van der Waals surface area contributed by atoms with Gasteiger partial charge in [-0.15, -0.1) is 11.3 Å². The van der Waals surface area contributed by atoms with E-state index in [1.54, 1.807) is 0 Å². The van der Waals surface area contributed by atoms with Crippen LogP contribution in [0.1, 0.15) is 0 Å². The van der Waals surface area contributed by atoms with Crippen LogP contribution in [0.15, 0.2) is 393 Å². The third-order valence-corrected chi connectivity index (χ3v) is 23.0. The van der Waals surface area contributed by atoms with Crippen LogP contribution in [0.2, 0.25) is 0 Å². The van der Waals surface area contributed by atoms with Crippen LogP contribution in [-0.4, -0.2) is 0 Å². The minimum absolute atomic E-state index is 0.849. The number of anilines is 6. The van der Waals surface area contributed by atoms with Crippen LogP contribution in [0.4, 0.5) is 34.1 Å². The SMILES string of the molecule is c1cc(-c2cccc3ccccc23)cc(N(c2ccc(-c3ccc(-c4ccc(-c5cccc(N(c6ccccc6-c6cc7ccccc7c7ccccc67)c6cccc7c6sc6ccccc67)c5)c5ccccc45)c4oc5ccccc5c34)cc2)c2ccccc2-c2cc3ccccc3c3ccccc23)c1. The lowest BCUT2D eigenvalue weighted by atomic mass is 9.89. The molecule has 0 atom stereocenters. The lowest BCUT2D eigenvalue weighted by Crippen LogP contribution is -2.11. The molecule has 0 saturated carbocycles. The molecule has 0 spiro atoms. The normalized spacial score (nSPS) is 11.8. The largest absolute Gasteiger partial charge is 0.455 e. The van der Waals surface area contributed by atoms with Crippen LogP contribution >= 0.6 is 11.3 Å². The van der Waals surface area contributed by atoms with E-state index in [1.165, 1.54) is 90.7 Å². The van der Waals surface area contributed by atoms with Gasteiger partial charge < -0.3 is 14.2 Å². The van der Waals surface area contributed by atoms with Crippen LogP contribution in [0.5, 0.6) is 0 Å². The van der Waals surface area contributed by atoms with Gasteiger partial charge in [-0.1, -0.05) is 303 Å². The summed E-state index contributed by atoms with van der Waals surface area (Å²) in [6.07, 6.45) is 0. The summed E-state index contributed by atoms with van der Waals surface area (Å²) in [5.74, 6) is 0. The van der Waals surface area contributed by atoms with Crippen molar-refractivity contribution in [3.63, 3.8) is 0 Å². The highest BCUT2D eigenvalue weighted by Gasteiger charge is 2.26. The Morgan fingerprint density at radius 3 is 1.29 bits per heavy atom. The third kappa shape index (κ3) is 10.0. The number of nitrogens with zero attached hydrogens (tertiary/aromatic N) is 2. The van der Waals surface area contributed by atoms with E-state index in [9.17, 15) is 0 Å². The molecule has 0 saturated heterocycles. The highest BCUT2D eigenvalue weighted by molar-refractivity contribution is 7.26. The van der Waals surface area contributed by atoms with Crippen molar-refractivity contribution in [3.8, 4) is 66.8 Å². The number of rotatable bonds is 12. The molecule has 2 aromatic heterocycles. The molecule has 0 N–H and O–H groups in total. The number of hydrogen-bond acceptors (Lipinski definition) is 4. The molecular formula is C102H64N2OS. The summed E-state index contributed by atoms with van der Waals surface area (Å²) in [5, 5.41) is 19.3. The summed E-state index contributed by atoms with van der Waals surface area (Å²) in [6.45, 7) is 0. The molecule has 21 rings (SSSR count). The van der Waals surface area contributed by atoms with Crippen molar-refractivity contribution in [2.24, 2.45) is 0 Å². The molecule has 0 radical (unpaired) electrons. The average molecular weight is 1370 g/mol. The summed E-state index contributed by atoms with van der Waals surface area (Å²) < 4.78 is 9.69. The molecular weight excluding hydrogens is 1300 g/mol. The Bertz CT molecular complexity index is 7120. The van der Waals surface area contributed by atoms with Gasteiger partial charge in [0.05, 0.1) is 21.8 Å². The molecule has 106 heavy (non-hydrogen) atoms. The molecule has 3 nitrogen and oxygen atoms in total. The smallest absolute Gasteiger partial charge is 0.143 e. The van der Waals surface area contributed by atoms with E-state index < -0.39 is 0 Å². The first-order valence-electron chi connectivity index (χ1n) is 36.4. The number of fused-ring (bicyclic) bond motifs is 14. The van der Waals surface area contributed by atoms with Crippen LogP contribution in [0.25, 0.3) is 174 Å². The predicted molar refractivity (Wildman–Crippen MR) is 454 cm³/mol. The Kier molecular flexibility index (Phi) is 14.5. The number of para-hydroxylation sites is 3. The monoisotopic (exact) mass is 1360 g/mol. The highest BCUT2D eigenvalue weighted by atomic mass is 32.1. The number of furan rings is 1. The molecule has 2 heterocycles. The molecule has 0 fully saturated rings. The van der Waals surface area contributed by atoms with Gasteiger partial charge in [0.1, 0.15) is 11.2 Å². The number of hydrogen-bond donors (Lipinski definition) is 0. The van der Waals surface area contributed by atoms with Crippen molar-refractivity contribution >= 4 is 152 Å². The first kappa shape index (κ1) is 61.1. The first-order chi connectivity index (χ1) is 52.6. The molecule has 19 aromatic carbocycles. The Hall–Kier alpha value is -13.6. The Balaban J connectivity index is 0.695. The van der Waals surface area contributed by atoms with Gasteiger partial charge in [0.25, 0.3) is 0 Å². The maximum absolute atomic E-state index is 7.18. The maximum atomic E-state index is 7.18. The third-order valence-electron chi connectivity index (χ3n) is 21.8. The second kappa shape index (κ2) is 25.1. The second-order valence-corrected chi connectivity index (χ2v) is 28.7. The van der Waals surface area contributed by atoms with E-state index in [0.717, 1.165) is 117 Å². The summed E-state index contributed by atoms with van der Waals surface area (Å²) in [7, 11) is 0. The summed E-state index contributed by atoms with van der Waals surface area (Å²) >= 11 is 1.86. The van der Waals surface area contributed by atoms with E-state index in [-0.39, 0.29) is 0 Å². The number of thiophene rings is 1. The lowest BCUT2D eigenvalue weighted by Gasteiger charge is -2.29. The first-order valence-corrected chi connectivity index (χ1v) is 37.2. The molecule has 0 aliphatic heterocycles. The Labute approximate surface area is 617 Å². The molecule has 21 aromatic rings. The Morgan fingerprint density at radius 1 is 0.208 bits per heavy atom. The zero-order chi connectivity index (χ0) is 69.8. The van der Waals surface area contributed by atoms with Crippen molar-refractivity contribution in [2.75, 3.05) is 9.80 Å². The summed E-state index contributed by atoms with van der Waals surface area (Å²) in [6, 6.07) is 143. The quantitative estimate of drug-likeness (QED) is 0.114. The molecule has 0 aliphatic rings. The van der Waals surface area contributed by atoms with Crippen LogP contribution < -0.4 is 9.80 Å². The van der Waals surface area contributed by atoms with Gasteiger partial charge in [0, 0.05) is 60.0 Å². The van der Waals surface area contributed by atoms with E-state index in [2.05, 4.69) is 398 Å². The summed E-state index contributed by atoms with van der Waals surface area (Å²) in [4.78, 5) is 4.96. The van der Waals surface area contributed by atoms with Gasteiger partial charge in [0.15, 0.2) is 0 Å². The minimum atomic E-state index is 0.849. The number of benzene rings is 19. The fraction of sp³-hybridized carbons (Fsp3) is 0. The molecule has 0 aliphatic carbocycles. The molecule has 0 unspecified atom stereocenters. The van der Waals surface area contributed by atoms with Crippen molar-refractivity contribution in [2.45, 2.75) is 0 Å². The van der Waals surface area contributed by atoms with Gasteiger partial charge in [-0.3, -0.25) is 0 Å². The van der Waals surface area contributed by atoms with Crippen molar-refractivity contribution < 1.29 is 4.42 Å². The average Bonchev–Trinajstić information content (AvgIpc) is 1.12. The van der Waals surface area contributed by atoms with Crippen LogP contribution in [-0.2, 0) is 0 Å². The predicted octanol–water partition coefficient (Wildman–Crippen LogP) is 29.8. The molecule has 0 amide bonds. The standard InChI is InChI=1S/C102H64N2OS/c1-4-33-74-65(25-1)28-23-46-75(74)67-29-21-31-72(61-67)103(95-48-17-13-42-87(95)93-63-69-26-2-5-34-76(69)80-36-8-11-40-84(80)93)71-55-53-66(54-56-71)79-58-60-90(101-100(79)92-45-15-19-51-98(92)105-101)86-59-57-78(82-38-7-10-39-83(82)86)68-30-22-32-73(62-68)104(97-50-24-47-91-89-44-16-20-52-99(89)106-102(91)97)96-49-18-14-43-88(96)94-64-70-27-3-6-35-77(70)81-37-9-12-41-85(81)94/h1-64H. The second-order valence-electron chi connectivity index (χ2n) is 27.7. The minimum Gasteiger partial charge on any atom is -0.455 e. The van der Waals surface area contributed by atoms with Crippen molar-refractivity contribution in [3.05, 3.63) is 388 Å². The van der Waals surface area contributed by atoms with E-state index >= 15 is 0 Å². The highest BCUT2D eigenvalue weighted by Crippen LogP contribution is 2.52. The van der Waals surface area contributed by atoms with Gasteiger partial charge in [-0.25, -0.2) is 0 Å². The molecule has 0 bridgehead atoms. The zero-order valence-electron chi connectivity index (χ0n) is 57.7. The van der Waals surface area contributed by atoms with Crippen molar-refractivity contribution in [1.82, 2.24) is 0 Å². The van der Waals surface area contributed by atoms with Crippen molar-refractivity contribution in [1.29, 1.82) is 0 Å². The lowest BCUT2D eigenvalue weighted by molar-refractivity contribution is 0.670. The van der Waals surface area contributed by atoms with Crippen LogP contribution in [0.3, 0.4) is 0 Å². The zero-order valence-corrected chi connectivity index (χ0v) is 58.5. The van der Waals surface area contributed by atoms with Gasteiger partial charge in [-0.05, 0) is 200 Å². The van der Waals surface area contributed by atoms with Crippen LogP contribution in [0, 0.1) is 0 Å². The molecule has 4 heteroatoms. The topological polar surface area (TPSA) is 19.6 Å². The Morgan fingerprint density at radius 2 is 0.632 bits per heavy atom. The maximum Gasteiger partial charge on any atom is 0.143 e. The van der Waals surface area contributed by atoms with Gasteiger partial charge >= 0.3 is 0 Å².